The molecule has 132 valence electrons. The second-order valence-electron chi connectivity index (χ2n) is 5.15. The molecule has 2 N–H and O–H groups in total. The Balaban J connectivity index is 1.93. The Bertz CT molecular complexity index is 714. The first-order valence-corrected chi connectivity index (χ1v) is 8.16. The largest absolute Gasteiger partial charge is 0.494 e. The van der Waals surface area contributed by atoms with Crippen LogP contribution in [0.5, 0.6) is 5.75 Å². The Morgan fingerprint density at radius 2 is 1.68 bits per heavy atom. The lowest BCUT2D eigenvalue weighted by Crippen LogP contribution is -2.29. The van der Waals surface area contributed by atoms with Crippen LogP contribution in [-0.4, -0.2) is 25.2 Å². The summed E-state index contributed by atoms with van der Waals surface area (Å²) >= 11 is 0. The highest BCUT2D eigenvalue weighted by Crippen LogP contribution is 2.16. The molecule has 2 rings (SSSR count). The van der Waals surface area contributed by atoms with Crippen molar-refractivity contribution in [2.45, 2.75) is 20.4 Å². The Hall–Kier alpha value is -3.02. The molecule has 0 heterocycles. The lowest BCUT2D eigenvalue weighted by Gasteiger charge is -2.11. The number of benzene rings is 2. The molecule has 0 aliphatic rings. The van der Waals surface area contributed by atoms with Crippen LogP contribution in [0, 0.1) is 0 Å². The van der Waals surface area contributed by atoms with E-state index in [-0.39, 0.29) is 6.61 Å². The van der Waals surface area contributed by atoms with Crippen molar-refractivity contribution < 1.29 is 19.1 Å². The number of nitrogens with one attached hydrogen (secondary N) is 2. The number of rotatable bonds is 7. The van der Waals surface area contributed by atoms with Gasteiger partial charge in [0.1, 0.15) is 5.75 Å². The summed E-state index contributed by atoms with van der Waals surface area (Å²) in [6, 6.07) is 13.8. The second kappa shape index (κ2) is 9.32. The zero-order chi connectivity index (χ0) is 18.1. The summed E-state index contributed by atoms with van der Waals surface area (Å²) in [6.07, 6.45) is 0. The van der Waals surface area contributed by atoms with Gasteiger partial charge in [0.05, 0.1) is 24.5 Å². The first-order valence-electron chi connectivity index (χ1n) is 8.16. The number of anilines is 1. The minimum absolute atomic E-state index is 0.275. The van der Waals surface area contributed by atoms with E-state index < -0.39 is 12.0 Å². The Labute approximate surface area is 147 Å². The Morgan fingerprint density at radius 1 is 0.960 bits per heavy atom. The van der Waals surface area contributed by atoms with Crippen LogP contribution >= 0.6 is 0 Å². The van der Waals surface area contributed by atoms with Crippen LogP contribution in [0.2, 0.25) is 0 Å². The third kappa shape index (κ3) is 5.53. The summed E-state index contributed by atoms with van der Waals surface area (Å²) in [5, 5.41) is 5.43. The molecule has 0 bridgehead atoms. The molecular weight excluding hydrogens is 320 g/mol. The van der Waals surface area contributed by atoms with E-state index in [4.69, 9.17) is 9.47 Å². The topological polar surface area (TPSA) is 76.7 Å². The molecule has 25 heavy (non-hydrogen) atoms. The highest BCUT2D eigenvalue weighted by atomic mass is 16.5. The smallest absolute Gasteiger partial charge is 0.340 e. The lowest BCUT2D eigenvalue weighted by atomic mass is 10.2. The molecular formula is C19H22N2O4. The quantitative estimate of drug-likeness (QED) is 0.754. The lowest BCUT2D eigenvalue weighted by molar-refractivity contribution is 0.0527. The van der Waals surface area contributed by atoms with Gasteiger partial charge in [0.2, 0.25) is 0 Å². The van der Waals surface area contributed by atoms with E-state index >= 15 is 0 Å². The number of carbonyl (C=O) groups excluding carboxylic acids is 2. The maximum absolute atomic E-state index is 12.1. The van der Waals surface area contributed by atoms with Crippen molar-refractivity contribution in [1.29, 1.82) is 0 Å². The van der Waals surface area contributed by atoms with Crippen LogP contribution in [0.1, 0.15) is 29.8 Å². The maximum Gasteiger partial charge on any atom is 0.340 e. The molecule has 0 radical (unpaired) electrons. The molecule has 2 aromatic carbocycles. The molecule has 0 saturated carbocycles. The zero-order valence-corrected chi connectivity index (χ0v) is 14.4. The van der Waals surface area contributed by atoms with Gasteiger partial charge in [-0.2, -0.15) is 0 Å². The van der Waals surface area contributed by atoms with E-state index in [1.807, 2.05) is 31.2 Å². The number of para-hydroxylation sites is 1. The summed E-state index contributed by atoms with van der Waals surface area (Å²) in [7, 11) is 0. The molecule has 2 amide bonds. The molecule has 0 saturated heterocycles. The number of esters is 1. The summed E-state index contributed by atoms with van der Waals surface area (Å²) in [6.45, 7) is 4.90. The van der Waals surface area contributed by atoms with Crippen molar-refractivity contribution in [3.8, 4) is 5.75 Å². The minimum atomic E-state index is -0.468. The fourth-order valence-corrected chi connectivity index (χ4v) is 2.20. The molecule has 0 spiro atoms. The number of amides is 2. The molecule has 6 heteroatoms. The Morgan fingerprint density at radius 3 is 2.36 bits per heavy atom. The maximum atomic E-state index is 12.1. The highest BCUT2D eigenvalue weighted by molar-refractivity contribution is 6.00. The van der Waals surface area contributed by atoms with Crippen molar-refractivity contribution in [2.24, 2.45) is 0 Å². The van der Waals surface area contributed by atoms with Gasteiger partial charge in [-0.15, -0.1) is 0 Å². The molecule has 6 nitrogen and oxygen atoms in total. The van der Waals surface area contributed by atoms with Crippen molar-refractivity contribution in [3.05, 3.63) is 59.7 Å². The van der Waals surface area contributed by atoms with E-state index in [1.54, 1.807) is 31.2 Å². The van der Waals surface area contributed by atoms with Gasteiger partial charge in [-0.3, -0.25) is 0 Å². The Kier molecular flexibility index (Phi) is 6.83. The van der Waals surface area contributed by atoms with Gasteiger partial charge in [-0.25, -0.2) is 9.59 Å². The summed E-state index contributed by atoms with van der Waals surface area (Å²) in [5.41, 5.74) is 1.67. The average Bonchev–Trinajstić information content (AvgIpc) is 2.62. The number of urea groups is 1. The van der Waals surface area contributed by atoms with E-state index in [1.165, 1.54) is 0 Å². The monoisotopic (exact) mass is 342 g/mol. The predicted octanol–water partition coefficient (Wildman–Crippen LogP) is 3.58. The van der Waals surface area contributed by atoms with Gasteiger partial charge in [-0.1, -0.05) is 24.3 Å². The minimum Gasteiger partial charge on any atom is -0.494 e. The van der Waals surface area contributed by atoms with Crippen LogP contribution in [0.3, 0.4) is 0 Å². The summed E-state index contributed by atoms with van der Waals surface area (Å²) in [4.78, 5) is 24.0. The van der Waals surface area contributed by atoms with Gasteiger partial charge in [0, 0.05) is 6.54 Å². The fraction of sp³-hybridized carbons (Fsp3) is 0.263. The van der Waals surface area contributed by atoms with Gasteiger partial charge < -0.3 is 20.1 Å². The molecule has 2 aromatic rings. The number of hydrogen-bond acceptors (Lipinski definition) is 4. The standard InChI is InChI=1S/C19H22N2O4/c1-3-24-15-11-9-14(10-12-15)13-20-19(23)21-17-8-6-5-7-16(17)18(22)25-4-2/h5-12H,3-4,13H2,1-2H3,(H2,20,21,23). The van der Waals surface area contributed by atoms with Gasteiger partial charge in [0.25, 0.3) is 0 Å². The number of hydrogen-bond donors (Lipinski definition) is 2. The molecule has 0 aliphatic carbocycles. The molecule has 0 atom stereocenters. The SMILES string of the molecule is CCOC(=O)c1ccccc1NC(=O)NCc1ccc(OCC)cc1. The highest BCUT2D eigenvalue weighted by Gasteiger charge is 2.13. The molecule has 0 fully saturated rings. The van der Waals surface area contributed by atoms with E-state index in [0.717, 1.165) is 11.3 Å². The van der Waals surface area contributed by atoms with Crippen LogP contribution in [0.25, 0.3) is 0 Å². The molecule has 0 unspecified atom stereocenters. The van der Waals surface area contributed by atoms with Gasteiger partial charge >= 0.3 is 12.0 Å². The normalized spacial score (nSPS) is 10.0. The van der Waals surface area contributed by atoms with E-state index in [2.05, 4.69) is 10.6 Å². The first kappa shape index (κ1) is 18.3. The third-order valence-corrected chi connectivity index (χ3v) is 3.36. The molecule has 0 aromatic heterocycles. The van der Waals surface area contributed by atoms with Gasteiger partial charge in [0.15, 0.2) is 0 Å². The zero-order valence-electron chi connectivity index (χ0n) is 14.4. The average molecular weight is 342 g/mol. The van der Waals surface area contributed by atoms with Crippen LogP contribution in [0.15, 0.2) is 48.5 Å². The van der Waals surface area contributed by atoms with Crippen molar-refractivity contribution in [1.82, 2.24) is 5.32 Å². The van der Waals surface area contributed by atoms with Crippen LogP contribution in [-0.2, 0) is 11.3 Å². The number of ether oxygens (including phenoxy) is 2. The second-order valence-corrected chi connectivity index (χ2v) is 5.15. The third-order valence-electron chi connectivity index (χ3n) is 3.36. The van der Waals surface area contributed by atoms with Crippen LogP contribution < -0.4 is 15.4 Å². The van der Waals surface area contributed by atoms with E-state index in [9.17, 15) is 9.59 Å². The fourth-order valence-electron chi connectivity index (χ4n) is 2.20. The number of carbonyl (C=O) groups is 2. The van der Waals surface area contributed by atoms with E-state index in [0.29, 0.717) is 24.4 Å². The van der Waals surface area contributed by atoms with Crippen molar-refractivity contribution in [2.75, 3.05) is 18.5 Å². The van der Waals surface area contributed by atoms with Crippen molar-refractivity contribution >= 4 is 17.7 Å². The van der Waals surface area contributed by atoms with Crippen LogP contribution in [0.4, 0.5) is 10.5 Å². The summed E-state index contributed by atoms with van der Waals surface area (Å²) in [5.74, 6) is 0.323. The van der Waals surface area contributed by atoms with Crippen molar-refractivity contribution in [3.63, 3.8) is 0 Å². The predicted molar refractivity (Wildman–Crippen MR) is 95.9 cm³/mol. The molecule has 0 aliphatic heterocycles. The first-order chi connectivity index (χ1) is 12.1. The van der Waals surface area contributed by atoms with Gasteiger partial charge in [-0.05, 0) is 43.7 Å². The summed E-state index contributed by atoms with van der Waals surface area (Å²) < 4.78 is 10.4.